The highest BCUT2D eigenvalue weighted by Gasteiger charge is 2.04. The number of hydrogen-bond acceptors (Lipinski definition) is 2. The summed E-state index contributed by atoms with van der Waals surface area (Å²) >= 11 is 5.05. The highest BCUT2D eigenvalue weighted by atomic mass is 32.1. The van der Waals surface area contributed by atoms with E-state index in [-0.39, 0.29) is 5.91 Å². The third-order valence-electron chi connectivity index (χ3n) is 3.81. The summed E-state index contributed by atoms with van der Waals surface area (Å²) in [5.41, 5.74) is 2.68. The van der Waals surface area contributed by atoms with Crippen LogP contribution in [-0.2, 0) is 4.79 Å². The highest BCUT2D eigenvalue weighted by Crippen LogP contribution is 2.17. The molecular weight excluding hydrogens is 294 g/mol. The van der Waals surface area contributed by atoms with E-state index in [0.29, 0.717) is 11.2 Å². The van der Waals surface area contributed by atoms with Gasteiger partial charge in [-0.2, -0.15) is 0 Å². The van der Waals surface area contributed by atoms with Crippen LogP contribution in [0.3, 0.4) is 0 Å². The number of H-pyrrole nitrogens is 2. The molecule has 0 spiro atoms. The molecule has 0 aliphatic carbocycles. The molecule has 1 amide bonds. The number of imidazole rings is 1. The number of anilines is 1. The van der Waals surface area contributed by atoms with E-state index in [1.165, 1.54) is 32.1 Å². The summed E-state index contributed by atoms with van der Waals surface area (Å²) in [6.45, 7) is 2.22. The largest absolute Gasteiger partial charge is 0.331 e. The van der Waals surface area contributed by atoms with Gasteiger partial charge in [-0.1, -0.05) is 45.4 Å². The summed E-state index contributed by atoms with van der Waals surface area (Å²) in [7, 11) is 0. The second-order valence-electron chi connectivity index (χ2n) is 5.76. The van der Waals surface area contributed by atoms with Crippen LogP contribution >= 0.6 is 12.2 Å². The Morgan fingerprint density at radius 1 is 1.05 bits per heavy atom. The zero-order valence-electron chi connectivity index (χ0n) is 13.2. The number of fused-ring (bicyclic) bond motifs is 1. The number of hydrogen-bond donors (Lipinski definition) is 3. The Hall–Kier alpha value is -1.62. The molecule has 4 nitrogen and oxygen atoms in total. The number of carbonyl (C=O) groups excluding carboxylic acids is 1. The first-order valence-corrected chi connectivity index (χ1v) is 8.62. The van der Waals surface area contributed by atoms with Gasteiger partial charge in [-0.05, 0) is 36.8 Å². The van der Waals surface area contributed by atoms with Crippen molar-refractivity contribution in [1.82, 2.24) is 9.97 Å². The predicted octanol–water partition coefficient (Wildman–Crippen LogP) is 5.30. The summed E-state index contributed by atoms with van der Waals surface area (Å²) in [5, 5.41) is 2.95. The summed E-state index contributed by atoms with van der Waals surface area (Å²) in [5.74, 6) is 0.0852. The van der Waals surface area contributed by atoms with Gasteiger partial charge in [-0.15, -0.1) is 0 Å². The molecule has 1 aromatic heterocycles. The first-order chi connectivity index (χ1) is 10.7. The van der Waals surface area contributed by atoms with E-state index < -0.39 is 0 Å². The maximum atomic E-state index is 11.9. The zero-order chi connectivity index (χ0) is 15.8. The minimum atomic E-state index is 0.0852. The Morgan fingerprint density at radius 3 is 2.50 bits per heavy atom. The van der Waals surface area contributed by atoms with E-state index in [4.69, 9.17) is 12.2 Å². The molecular formula is C17H25N3OS. The van der Waals surface area contributed by atoms with Gasteiger partial charge in [0.2, 0.25) is 5.91 Å². The first-order valence-electron chi connectivity index (χ1n) is 8.21. The van der Waals surface area contributed by atoms with Gasteiger partial charge >= 0.3 is 0 Å². The molecule has 0 saturated carbocycles. The number of nitrogens with one attached hydrogen (secondary N) is 3. The second-order valence-corrected chi connectivity index (χ2v) is 6.17. The molecule has 1 aromatic carbocycles. The number of benzene rings is 1. The third-order valence-corrected chi connectivity index (χ3v) is 4.01. The molecule has 0 fully saturated rings. The molecule has 0 unspecified atom stereocenters. The lowest BCUT2D eigenvalue weighted by Gasteiger charge is -2.05. The standard InChI is InChI=1S/C17H25N3OS/c1-2-3-4-5-6-7-8-9-16(21)18-13-10-11-14-15(12-13)20-17(22)19-14/h10-12H,2-9H2,1H3,(H,18,21)(H2,19,20,22). The minimum Gasteiger partial charge on any atom is -0.331 e. The van der Waals surface area contributed by atoms with Gasteiger partial charge in [0, 0.05) is 12.1 Å². The van der Waals surface area contributed by atoms with Crippen LogP contribution in [0.4, 0.5) is 5.69 Å². The number of rotatable bonds is 9. The number of aromatic amines is 2. The topological polar surface area (TPSA) is 60.7 Å². The molecule has 0 atom stereocenters. The third kappa shape index (κ3) is 5.30. The van der Waals surface area contributed by atoms with Crippen molar-refractivity contribution in [2.75, 3.05) is 5.32 Å². The van der Waals surface area contributed by atoms with Crippen LogP contribution in [0.1, 0.15) is 58.3 Å². The van der Waals surface area contributed by atoms with Gasteiger partial charge in [0.05, 0.1) is 11.0 Å². The van der Waals surface area contributed by atoms with Crippen molar-refractivity contribution in [2.24, 2.45) is 0 Å². The van der Waals surface area contributed by atoms with Crippen molar-refractivity contribution in [3.63, 3.8) is 0 Å². The van der Waals surface area contributed by atoms with E-state index >= 15 is 0 Å². The smallest absolute Gasteiger partial charge is 0.224 e. The Labute approximate surface area is 136 Å². The summed E-state index contributed by atoms with van der Waals surface area (Å²) in [6.07, 6.45) is 9.14. The summed E-state index contributed by atoms with van der Waals surface area (Å²) in [4.78, 5) is 18.0. The fourth-order valence-corrected chi connectivity index (χ4v) is 2.80. The van der Waals surface area contributed by atoms with E-state index in [0.717, 1.165) is 29.6 Å². The molecule has 22 heavy (non-hydrogen) atoms. The zero-order valence-corrected chi connectivity index (χ0v) is 14.0. The van der Waals surface area contributed by atoms with Crippen LogP contribution in [0.5, 0.6) is 0 Å². The fraction of sp³-hybridized carbons (Fsp3) is 0.529. The lowest BCUT2D eigenvalue weighted by atomic mass is 10.1. The lowest BCUT2D eigenvalue weighted by molar-refractivity contribution is -0.116. The molecule has 0 aliphatic rings. The lowest BCUT2D eigenvalue weighted by Crippen LogP contribution is -2.10. The Bertz CT molecular complexity index is 659. The van der Waals surface area contributed by atoms with Crippen molar-refractivity contribution >= 4 is 34.8 Å². The predicted molar refractivity (Wildman–Crippen MR) is 94.7 cm³/mol. The Morgan fingerprint density at radius 2 is 1.73 bits per heavy atom. The van der Waals surface area contributed by atoms with Gasteiger partial charge in [-0.3, -0.25) is 4.79 Å². The molecule has 3 N–H and O–H groups in total. The first kappa shape index (κ1) is 16.7. The number of amides is 1. The SMILES string of the molecule is CCCCCCCCCC(=O)Nc1ccc2[nH]c(=S)[nH]c2c1. The van der Waals surface area contributed by atoms with Gasteiger partial charge in [0.15, 0.2) is 4.77 Å². The molecule has 5 heteroatoms. The van der Waals surface area contributed by atoms with Gasteiger partial charge in [0.25, 0.3) is 0 Å². The van der Waals surface area contributed by atoms with Crippen LogP contribution < -0.4 is 5.32 Å². The second kappa shape index (κ2) is 8.73. The van der Waals surface area contributed by atoms with Crippen LogP contribution in [-0.4, -0.2) is 15.9 Å². The monoisotopic (exact) mass is 319 g/mol. The van der Waals surface area contributed by atoms with Crippen LogP contribution in [0, 0.1) is 4.77 Å². The summed E-state index contributed by atoms with van der Waals surface area (Å²) < 4.78 is 0.599. The molecule has 2 rings (SSSR count). The fourth-order valence-electron chi connectivity index (χ4n) is 2.58. The maximum Gasteiger partial charge on any atom is 0.224 e. The van der Waals surface area contributed by atoms with Crippen molar-refractivity contribution in [2.45, 2.75) is 58.3 Å². The van der Waals surface area contributed by atoms with Gasteiger partial charge in [0.1, 0.15) is 0 Å². The van der Waals surface area contributed by atoms with Gasteiger partial charge < -0.3 is 15.3 Å². The Kier molecular flexibility index (Phi) is 6.65. The van der Waals surface area contributed by atoms with E-state index in [1.54, 1.807) is 0 Å². The molecule has 0 radical (unpaired) electrons. The normalized spacial score (nSPS) is 11.0. The van der Waals surface area contributed by atoms with Crippen LogP contribution in [0.25, 0.3) is 11.0 Å². The number of unbranched alkanes of at least 4 members (excludes halogenated alkanes) is 6. The van der Waals surface area contributed by atoms with Crippen LogP contribution in [0.15, 0.2) is 18.2 Å². The number of aromatic nitrogens is 2. The molecule has 0 saturated heterocycles. The summed E-state index contributed by atoms with van der Waals surface area (Å²) in [6, 6.07) is 5.72. The average Bonchev–Trinajstić information content (AvgIpc) is 2.85. The van der Waals surface area contributed by atoms with Crippen molar-refractivity contribution in [1.29, 1.82) is 0 Å². The Balaban J connectivity index is 1.70. The molecule has 1 heterocycles. The van der Waals surface area contributed by atoms with E-state index in [1.807, 2.05) is 18.2 Å². The van der Waals surface area contributed by atoms with Crippen molar-refractivity contribution < 1.29 is 4.79 Å². The van der Waals surface area contributed by atoms with Crippen LogP contribution in [0.2, 0.25) is 0 Å². The number of carbonyl (C=O) groups is 1. The molecule has 2 aromatic rings. The quantitative estimate of drug-likeness (QED) is 0.433. The highest BCUT2D eigenvalue weighted by molar-refractivity contribution is 7.71. The minimum absolute atomic E-state index is 0.0852. The average molecular weight is 319 g/mol. The maximum absolute atomic E-state index is 11.9. The molecule has 120 valence electrons. The van der Waals surface area contributed by atoms with Crippen molar-refractivity contribution in [3.8, 4) is 0 Å². The van der Waals surface area contributed by atoms with E-state index in [2.05, 4.69) is 22.2 Å². The van der Waals surface area contributed by atoms with Crippen molar-refractivity contribution in [3.05, 3.63) is 23.0 Å². The van der Waals surface area contributed by atoms with Gasteiger partial charge in [-0.25, -0.2) is 0 Å². The molecule has 0 bridgehead atoms. The van der Waals surface area contributed by atoms with E-state index in [9.17, 15) is 4.79 Å². The molecule has 0 aliphatic heterocycles.